The normalized spacial score (nSPS) is 11.6. The van der Waals surface area contributed by atoms with Gasteiger partial charge in [0.2, 0.25) is 10.0 Å². The van der Waals surface area contributed by atoms with E-state index in [4.69, 9.17) is 33.0 Å². The van der Waals surface area contributed by atoms with E-state index in [-0.39, 0.29) is 33.7 Å². The van der Waals surface area contributed by atoms with Gasteiger partial charge in [0.25, 0.3) is 0 Å². The molecule has 112 valence electrons. The maximum atomic E-state index is 12.0. The molecular weight excluding hydrogens is 329 g/mol. The van der Waals surface area contributed by atoms with Gasteiger partial charge in [0.1, 0.15) is 4.90 Å². The fourth-order valence-corrected chi connectivity index (χ4v) is 3.23. The van der Waals surface area contributed by atoms with Crippen LogP contribution in [0.25, 0.3) is 0 Å². The van der Waals surface area contributed by atoms with Crippen molar-refractivity contribution in [2.24, 2.45) is 0 Å². The molecule has 6 nitrogen and oxygen atoms in total. The van der Waals surface area contributed by atoms with Crippen molar-refractivity contribution in [1.82, 2.24) is 4.72 Å². The van der Waals surface area contributed by atoms with E-state index in [0.29, 0.717) is 6.61 Å². The van der Waals surface area contributed by atoms with Crippen molar-refractivity contribution in [2.45, 2.75) is 11.8 Å². The zero-order valence-electron chi connectivity index (χ0n) is 10.5. The van der Waals surface area contributed by atoms with Crippen LogP contribution in [0.4, 0.5) is 0 Å². The average Bonchev–Trinajstić information content (AvgIpc) is 2.33. The van der Waals surface area contributed by atoms with Crippen molar-refractivity contribution in [2.75, 3.05) is 19.8 Å². The standard InChI is InChI=1S/C11H13Cl2NO5S/c1-2-19-4-3-14-20(17,18)10-5-7(11(15)16)8(12)6-9(10)13/h5-6,14H,2-4H2,1H3,(H,15,16). The summed E-state index contributed by atoms with van der Waals surface area (Å²) in [5.74, 6) is -1.34. The quantitative estimate of drug-likeness (QED) is 0.740. The van der Waals surface area contributed by atoms with Crippen LogP contribution < -0.4 is 4.72 Å². The molecule has 0 aliphatic carbocycles. The molecule has 0 aliphatic rings. The summed E-state index contributed by atoms with van der Waals surface area (Å²) >= 11 is 11.5. The van der Waals surface area contributed by atoms with Gasteiger partial charge >= 0.3 is 5.97 Å². The number of carbonyl (C=O) groups is 1. The third kappa shape index (κ3) is 4.32. The van der Waals surface area contributed by atoms with Crippen LogP contribution in [0.2, 0.25) is 10.0 Å². The van der Waals surface area contributed by atoms with Crippen LogP contribution in [0, 0.1) is 0 Å². The first-order valence-corrected chi connectivity index (χ1v) is 7.83. The summed E-state index contributed by atoms with van der Waals surface area (Å²) in [6.45, 7) is 2.50. The third-order valence-electron chi connectivity index (χ3n) is 2.28. The van der Waals surface area contributed by atoms with Crippen LogP contribution in [0.3, 0.4) is 0 Å². The molecule has 0 saturated carbocycles. The third-order valence-corrected chi connectivity index (χ3v) is 4.52. The molecule has 0 heterocycles. The Morgan fingerprint density at radius 3 is 2.55 bits per heavy atom. The predicted octanol–water partition coefficient (Wildman–Crippen LogP) is 2.01. The van der Waals surface area contributed by atoms with E-state index in [1.54, 1.807) is 6.92 Å². The first kappa shape index (κ1) is 17.2. The van der Waals surface area contributed by atoms with Gasteiger partial charge in [-0.3, -0.25) is 0 Å². The second kappa shape index (κ2) is 7.24. The molecule has 20 heavy (non-hydrogen) atoms. The number of benzene rings is 1. The van der Waals surface area contributed by atoms with Gasteiger partial charge < -0.3 is 9.84 Å². The van der Waals surface area contributed by atoms with Gasteiger partial charge in [0, 0.05) is 13.2 Å². The summed E-state index contributed by atoms with van der Waals surface area (Å²) in [6.07, 6.45) is 0. The second-order valence-electron chi connectivity index (χ2n) is 3.66. The summed E-state index contributed by atoms with van der Waals surface area (Å²) < 4.78 is 31.3. The molecular formula is C11H13Cl2NO5S. The Kier molecular flexibility index (Phi) is 6.22. The first-order chi connectivity index (χ1) is 9.29. The van der Waals surface area contributed by atoms with Crippen molar-refractivity contribution in [1.29, 1.82) is 0 Å². The minimum atomic E-state index is -3.93. The van der Waals surface area contributed by atoms with E-state index in [0.717, 1.165) is 12.1 Å². The highest BCUT2D eigenvalue weighted by Crippen LogP contribution is 2.28. The number of ether oxygens (including phenoxy) is 1. The number of sulfonamides is 1. The fraction of sp³-hybridized carbons (Fsp3) is 0.364. The number of hydrogen-bond donors (Lipinski definition) is 2. The number of hydrogen-bond acceptors (Lipinski definition) is 4. The molecule has 0 atom stereocenters. The van der Waals surface area contributed by atoms with Gasteiger partial charge in [-0.2, -0.15) is 0 Å². The molecule has 0 fully saturated rings. The van der Waals surface area contributed by atoms with E-state index in [9.17, 15) is 13.2 Å². The number of carboxylic acid groups (broad SMARTS) is 1. The highest BCUT2D eigenvalue weighted by Gasteiger charge is 2.22. The highest BCUT2D eigenvalue weighted by molar-refractivity contribution is 7.89. The van der Waals surface area contributed by atoms with Crippen molar-refractivity contribution in [3.63, 3.8) is 0 Å². The molecule has 0 aromatic heterocycles. The lowest BCUT2D eigenvalue weighted by Crippen LogP contribution is -2.28. The molecule has 0 unspecified atom stereocenters. The van der Waals surface area contributed by atoms with Gasteiger partial charge in [0.15, 0.2) is 0 Å². The minimum absolute atomic E-state index is 0.0531. The lowest BCUT2D eigenvalue weighted by molar-refractivity contribution is 0.0697. The zero-order valence-corrected chi connectivity index (χ0v) is 12.8. The molecule has 0 spiro atoms. The summed E-state index contributed by atoms with van der Waals surface area (Å²) in [7, 11) is -3.93. The molecule has 0 radical (unpaired) electrons. The highest BCUT2D eigenvalue weighted by atomic mass is 35.5. The Balaban J connectivity index is 3.05. The van der Waals surface area contributed by atoms with E-state index >= 15 is 0 Å². The van der Waals surface area contributed by atoms with Crippen molar-refractivity contribution >= 4 is 39.2 Å². The fourth-order valence-electron chi connectivity index (χ4n) is 1.37. The monoisotopic (exact) mass is 341 g/mol. The zero-order chi connectivity index (χ0) is 15.3. The Labute approximate surface area is 126 Å². The Hall–Kier alpha value is -0.860. The van der Waals surface area contributed by atoms with E-state index in [1.165, 1.54) is 0 Å². The van der Waals surface area contributed by atoms with Crippen LogP contribution in [-0.4, -0.2) is 39.3 Å². The number of carboxylic acids is 1. The minimum Gasteiger partial charge on any atom is -0.478 e. The van der Waals surface area contributed by atoms with E-state index in [2.05, 4.69) is 4.72 Å². The number of nitrogens with one attached hydrogen (secondary N) is 1. The maximum Gasteiger partial charge on any atom is 0.337 e. The summed E-state index contributed by atoms with van der Waals surface area (Å²) in [5, 5.41) is 8.65. The lowest BCUT2D eigenvalue weighted by Gasteiger charge is -2.10. The van der Waals surface area contributed by atoms with E-state index < -0.39 is 16.0 Å². The molecule has 1 aromatic carbocycles. The Bertz CT molecular complexity index is 603. The molecule has 1 aromatic rings. The van der Waals surface area contributed by atoms with Gasteiger partial charge in [-0.05, 0) is 19.1 Å². The molecule has 0 amide bonds. The molecule has 2 N–H and O–H groups in total. The van der Waals surface area contributed by atoms with Gasteiger partial charge in [-0.1, -0.05) is 23.2 Å². The SMILES string of the molecule is CCOCCNS(=O)(=O)c1cc(C(=O)O)c(Cl)cc1Cl. The summed E-state index contributed by atoms with van der Waals surface area (Å²) in [5.41, 5.74) is -0.332. The predicted molar refractivity (Wildman–Crippen MR) is 75.1 cm³/mol. The van der Waals surface area contributed by atoms with Crippen LogP contribution in [0.5, 0.6) is 0 Å². The van der Waals surface area contributed by atoms with Gasteiger partial charge in [-0.25, -0.2) is 17.9 Å². The topological polar surface area (TPSA) is 92.7 Å². The van der Waals surface area contributed by atoms with E-state index in [1.807, 2.05) is 0 Å². The largest absolute Gasteiger partial charge is 0.478 e. The number of halogens is 2. The summed E-state index contributed by atoms with van der Waals surface area (Å²) in [4.78, 5) is 10.6. The molecule has 0 saturated heterocycles. The lowest BCUT2D eigenvalue weighted by atomic mass is 10.2. The Morgan fingerprint density at radius 2 is 2.00 bits per heavy atom. The summed E-state index contributed by atoms with van der Waals surface area (Å²) in [6, 6.07) is 2.01. The Morgan fingerprint density at radius 1 is 1.35 bits per heavy atom. The van der Waals surface area contributed by atoms with Gasteiger partial charge in [0.05, 0.1) is 22.2 Å². The molecule has 9 heteroatoms. The number of aromatic carboxylic acids is 1. The maximum absolute atomic E-state index is 12.0. The van der Waals surface area contributed by atoms with Crippen molar-refractivity contribution in [3.8, 4) is 0 Å². The first-order valence-electron chi connectivity index (χ1n) is 5.59. The molecule has 0 aliphatic heterocycles. The van der Waals surface area contributed by atoms with Crippen LogP contribution in [0.15, 0.2) is 17.0 Å². The molecule has 0 bridgehead atoms. The second-order valence-corrected chi connectivity index (χ2v) is 6.21. The molecule has 1 rings (SSSR count). The smallest absolute Gasteiger partial charge is 0.337 e. The van der Waals surface area contributed by atoms with Crippen molar-refractivity contribution in [3.05, 3.63) is 27.7 Å². The van der Waals surface area contributed by atoms with Crippen molar-refractivity contribution < 1.29 is 23.1 Å². The average molecular weight is 342 g/mol. The number of rotatable bonds is 7. The van der Waals surface area contributed by atoms with Crippen LogP contribution >= 0.6 is 23.2 Å². The van der Waals surface area contributed by atoms with Crippen LogP contribution in [0.1, 0.15) is 17.3 Å². The van der Waals surface area contributed by atoms with Gasteiger partial charge in [-0.15, -0.1) is 0 Å². The van der Waals surface area contributed by atoms with Crippen LogP contribution in [-0.2, 0) is 14.8 Å².